The van der Waals surface area contributed by atoms with E-state index in [9.17, 15) is 13.2 Å². The molecule has 1 saturated heterocycles. The summed E-state index contributed by atoms with van der Waals surface area (Å²) in [6.07, 6.45) is 3.11. The van der Waals surface area contributed by atoms with Crippen molar-refractivity contribution in [2.45, 2.75) is 63.7 Å². The molecule has 31 heavy (non-hydrogen) atoms. The molecule has 0 spiro atoms. The van der Waals surface area contributed by atoms with Gasteiger partial charge in [0.1, 0.15) is 5.82 Å². The fourth-order valence-electron chi connectivity index (χ4n) is 5.75. The van der Waals surface area contributed by atoms with Crippen LogP contribution >= 0.6 is 0 Å². The van der Waals surface area contributed by atoms with Gasteiger partial charge in [0.05, 0.1) is 30.0 Å². The number of halogens is 3. The second-order valence-corrected chi connectivity index (χ2v) is 9.94. The summed E-state index contributed by atoms with van der Waals surface area (Å²) in [4.78, 5) is 11.4. The summed E-state index contributed by atoms with van der Waals surface area (Å²) in [7, 11) is 0. The number of hydrogen-bond donors (Lipinski definition) is 0. The third kappa shape index (κ3) is 3.39. The second-order valence-electron chi connectivity index (χ2n) is 9.94. The molecule has 5 nitrogen and oxygen atoms in total. The molecule has 6 rings (SSSR count). The maximum atomic E-state index is 13.4. The smallest absolute Gasteiger partial charge is 0.379 e. The van der Waals surface area contributed by atoms with Gasteiger partial charge >= 0.3 is 6.18 Å². The van der Waals surface area contributed by atoms with Gasteiger partial charge in [-0.1, -0.05) is 13.8 Å². The molecule has 168 valence electrons. The number of aromatic nitrogens is 3. The minimum Gasteiger partial charge on any atom is -0.379 e. The van der Waals surface area contributed by atoms with Crippen LogP contribution in [0.25, 0.3) is 11.3 Å². The van der Waals surface area contributed by atoms with Crippen LogP contribution < -0.4 is 0 Å². The molecule has 0 unspecified atom stereocenters. The molecule has 0 N–H and O–H groups in total. The number of alkyl halides is 3. The molecule has 2 bridgehead atoms. The third-order valence-electron chi connectivity index (χ3n) is 7.23. The third-order valence-corrected chi connectivity index (χ3v) is 7.23. The number of aryl methyl sites for hydroxylation is 1. The summed E-state index contributed by atoms with van der Waals surface area (Å²) in [5.74, 6) is 1.38. The summed E-state index contributed by atoms with van der Waals surface area (Å²) in [5, 5.41) is 0. The van der Waals surface area contributed by atoms with Crippen LogP contribution in [0.5, 0.6) is 0 Å². The topological polar surface area (TPSA) is 43.2 Å². The lowest BCUT2D eigenvalue weighted by molar-refractivity contribution is -0.221. The summed E-state index contributed by atoms with van der Waals surface area (Å²) in [6.45, 7) is 9.24. The molecule has 1 aliphatic heterocycles. The van der Waals surface area contributed by atoms with Crippen molar-refractivity contribution in [3.63, 3.8) is 0 Å². The maximum absolute atomic E-state index is 13.4. The predicted molar refractivity (Wildman–Crippen MR) is 111 cm³/mol. The molecule has 0 atom stereocenters. The minimum absolute atomic E-state index is 0.00930. The van der Waals surface area contributed by atoms with Gasteiger partial charge in [-0.05, 0) is 38.2 Å². The molecule has 0 aromatic carbocycles. The number of nitrogens with zero attached hydrogens (tertiary/aromatic N) is 4. The lowest BCUT2D eigenvalue weighted by Crippen LogP contribution is -2.79. The monoisotopic (exact) mass is 434 g/mol. The van der Waals surface area contributed by atoms with E-state index in [0.717, 1.165) is 57.8 Å². The first-order chi connectivity index (χ1) is 14.6. The molecular formula is C23H29F3N4O. The first kappa shape index (κ1) is 20.9. The zero-order chi connectivity index (χ0) is 22.0. The average molecular weight is 435 g/mol. The van der Waals surface area contributed by atoms with Crippen LogP contribution in [0.3, 0.4) is 0 Å². The van der Waals surface area contributed by atoms with E-state index in [4.69, 9.17) is 9.72 Å². The van der Waals surface area contributed by atoms with Gasteiger partial charge in [-0.2, -0.15) is 13.2 Å². The van der Waals surface area contributed by atoms with Gasteiger partial charge < -0.3 is 9.30 Å². The van der Waals surface area contributed by atoms with E-state index < -0.39 is 11.7 Å². The van der Waals surface area contributed by atoms with E-state index in [0.29, 0.717) is 17.2 Å². The van der Waals surface area contributed by atoms with Gasteiger partial charge in [-0.15, -0.1) is 0 Å². The zero-order valence-corrected chi connectivity index (χ0v) is 18.3. The van der Waals surface area contributed by atoms with Gasteiger partial charge in [0.2, 0.25) is 0 Å². The Labute approximate surface area is 180 Å². The van der Waals surface area contributed by atoms with Gasteiger partial charge in [0.25, 0.3) is 0 Å². The molecular weight excluding hydrogens is 405 g/mol. The maximum Gasteiger partial charge on any atom is 0.418 e. The van der Waals surface area contributed by atoms with Crippen LogP contribution in [0, 0.1) is 12.8 Å². The molecule has 3 aliphatic carbocycles. The summed E-state index contributed by atoms with van der Waals surface area (Å²) < 4.78 is 48.0. The van der Waals surface area contributed by atoms with E-state index in [1.807, 2.05) is 6.20 Å². The van der Waals surface area contributed by atoms with Crippen LogP contribution in [0.2, 0.25) is 0 Å². The van der Waals surface area contributed by atoms with Gasteiger partial charge in [0, 0.05) is 48.7 Å². The Hall–Kier alpha value is -1.93. The van der Waals surface area contributed by atoms with Crippen LogP contribution in [-0.4, -0.2) is 51.3 Å². The highest BCUT2D eigenvalue weighted by atomic mass is 19.4. The van der Waals surface area contributed by atoms with E-state index in [2.05, 4.69) is 28.3 Å². The normalized spacial score (nSPS) is 28.5. The molecule has 4 fully saturated rings. The molecule has 4 aliphatic rings. The van der Waals surface area contributed by atoms with Crippen molar-refractivity contribution in [2.24, 2.45) is 5.92 Å². The summed E-state index contributed by atoms with van der Waals surface area (Å²) in [5.41, 5.74) is 0.637. The predicted octanol–water partition coefficient (Wildman–Crippen LogP) is 4.43. The Balaban J connectivity index is 1.45. The van der Waals surface area contributed by atoms with Crippen molar-refractivity contribution in [1.82, 2.24) is 19.4 Å². The lowest BCUT2D eigenvalue weighted by atomic mass is 9.43. The number of hydrogen-bond acceptors (Lipinski definition) is 4. The Morgan fingerprint density at radius 1 is 1.13 bits per heavy atom. The molecule has 0 radical (unpaired) electrons. The van der Waals surface area contributed by atoms with Crippen molar-refractivity contribution in [1.29, 1.82) is 0 Å². The molecule has 2 aromatic heterocycles. The van der Waals surface area contributed by atoms with Crippen molar-refractivity contribution in [2.75, 3.05) is 26.3 Å². The molecule has 3 heterocycles. The standard InChI is InChI=1S/C23H29F3N4O/c1-15(2)8-20-28-19(17-9-18(23(24,25)26)16(3)27-10-17)11-30(20)22-12-21(13-22,14-22)29-4-6-31-7-5-29/h9-11,15H,4-8,12-14H2,1-3H3. The Kier molecular flexibility index (Phi) is 4.75. The Morgan fingerprint density at radius 3 is 2.42 bits per heavy atom. The van der Waals surface area contributed by atoms with Crippen molar-refractivity contribution in [3.8, 4) is 11.3 Å². The van der Waals surface area contributed by atoms with Crippen LogP contribution in [0.15, 0.2) is 18.5 Å². The number of ether oxygens (including phenoxy) is 1. The van der Waals surface area contributed by atoms with Gasteiger partial charge in [0.15, 0.2) is 0 Å². The highest BCUT2D eigenvalue weighted by Crippen LogP contribution is 2.68. The summed E-state index contributed by atoms with van der Waals surface area (Å²) in [6, 6.07) is 1.19. The average Bonchev–Trinajstić information content (AvgIpc) is 3.03. The first-order valence-electron chi connectivity index (χ1n) is 11.1. The van der Waals surface area contributed by atoms with Crippen molar-refractivity contribution < 1.29 is 17.9 Å². The Bertz CT molecular complexity index is 971. The van der Waals surface area contributed by atoms with E-state index in [1.54, 1.807) is 0 Å². The molecule has 2 aromatic rings. The number of imidazole rings is 1. The van der Waals surface area contributed by atoms with Crippen LogP contribution in [-0.2, 0) is 22.9 Å². The van der Waals surface area contributed by atoms with E-state index in [-0.39, 0.29) is 16.8 Å². The number of morpholine rings is 1. The summed E-state index contributed by atoms with van der Waals surface area (Å²) >= 11 is 0. The number of rotatable bonds is 5. The largest absolute Gasteiger partial charge is 0.418 e. The van der Waals surface area contributed by atoms with Gasteiger partial charge in [-0.25, -0.2) is 4.98 Å². The minimum atomic E-state index is -4.42. The quantitative estimate of drug-likeness (QED) is 0.698. The fourth-order valence-corrected chi connectivity index (χ4v) is 5.75. The van der Waals surface area contributed by atoms with Crippen molar-refractivity contribution >= 4 is 0 Å². The molecule has 3 saturated carbocycles. The Morgan fingerprint density at radius 2 is 1.81 bits per heavy atom. The molecule has 8 heteroatoms. The molecule has 0 amide bonds. The fraction of sp³-hybridized carbons (Fsp3) is 0.652. The van der Waals surface area contributed by atoms with E-state index in [1.165, 1.54) is 19.2 Å². The SMILES string of the molecule is Cc1ncc(-c2cn(C34CC(N5CCOCC5)(C3)C4)c(CC(C)C)n2)cc1C(F)(F)F. The van der Waals surface area contributed by atoms with Crippen LogP contribution in [0.1, 0.15) is 50.2 Å². The highest BCUT2D eigenvalue weighted by molar-refractivity contribution is 5.59. The zero-order valence-electron chi connectivity index (χ0n) is 18.3. The highest BCUT2D eigenvalue weighted by Gasteiger charge is 2.71. The van der Waals surface area contributed by atoms with Crippen LogP contribution in [0.4, 0.5) is 13.2 Å². The van der Waals surface area contributed by atoms with E-state index >= 15 is 0 Å². The number of pyridine rings is 1. The van der Waals surface area contributed by atoms with Crippen molar-refractivity contribution in [3.05, 3.63) is 35.5 Å². The first-order valence-corrected chi connectivity index (χ1v) is 11.1. The lowest BCUT2D eigenvalue weighted by Gasteiger charge is -2.74. The van der Waals surface area contributed by atoms with Gasteiger partial charge in [-0.3, -0.25) is 9.88 Å². The second kappa shape index (κ2) is 7.04.